The molecular weight excluding hydrogens is 381 g/mol. The fourth-order valence-corrected chi connectivity index (χ4v) is 3.50. The van der Waals surface area contributed by atoms with E-state index in [1.165, 1.54) is 12.1 Å². The Balaban J connectivity index is 0.00000124. The molecule has 3 aromatic rings. The minimum atomic E-state index is -0.575. The maximum absolute atomic E-state index is 14.1. The Bertz CT molecular complexity index is 1030. The van der Waals surface area contributed by atoms with Crippen molar-refractivity contribution in [1.29, 1.82) is 5.26 Å². The number of aliphatic hydroxyl groups excluding tert-OH is 1. The van der Waals surface area contributed by atoms with E-state index in [-0.39, 0.29) is 11.7 Å². The number of hydrogen-bond acceptors (Lipinski definition) is 5. The van der Waals surface area contributed by atoms with Crippen molar-refractivity contribution in [2.75, 3.05) is 23.7 Å². The zero-order valence-electron chi connectivity index (χ0n) is 17.2. The topological polar surface area (TPSA) is 91.1 Å². The third kappa shape index (κ3) is 4.44. The largest absolute Gasteiger partial charge is 0.393 e. The molecule has 6 nitrogen and oxygen atoms in total. The molecule has 2 heterocycles. The van der Waals surface area contributed by atoms with Crippen LogP contribution < -0.4 is 10.6 Å². The Morgan fingerprint density at radius 1 is 1.07 bits per heavy atom. The summed E-state index contributed by atoms with van der Waals surface area (Å²) in [6.07, 6.45) is 1.33. The number of benzene rings is 2. The van der Waals surface area contributed by atoms with Crippen LogP contribution in [0.15, 0.2) is 48.5 Å². The summed E-state index contributed by atoms with van der Waals surface area (Å²) < 4.78 is 15.7. The lowest BCUT2D eigenvalue weighted by atomic mass is 10.1. The molecule has 0 radical (unpaired) electrons. The molecule has 30 heavy (non-hydrogen) atoms. The predicted molar refractivity (Wildman–Crippen MR) is 117 cm³/mol. The van der Waals surface area contributed by atoms with Gasteiger partial charge in [0, 0.05) is 30.4 Å². The summed E-state index contributed by atoms with van der Waals surface area (Å²) in [5.74, 6) is -0.247. The van der Waals surface area contributed by atoms with Crippen LogP contribution in [0.3, 0.4) is 0 Å². The van der Waals surface area contributed by atoms with Gasteiger partial charge in [0.15, 0.2) is 0 Å². The van der Waals surface area contributed by atoms with Gasteiger partial charge < -0.3 is 15.7 Å². The molecular formula is C23H26FN5O. The van der Waals surface area contributed by atoms with Crippen LogP contribution in [-0.4, -0.2) is 34.1 Å². The van der Waals surface area contributed by atoms with E-state index in [2.05, 4.69) is 10.00 Å². The minimum Gasteiger partial charge on any atom is -0.393 e. The van der Waals surface area contributed by atoms with Crippen LogP contribution in [0.1, 0.15) is 32.3 Å². The lowest BCUT2D eigenvalue weighted by Gasteiger charge is -2.31. The van der Waals surface area contributed by atoms with E-state index in [9.17, 15) is 9.50 Å². The second kappa shape index (κ2) is 9.42. The Hall–Kier alpha value is -3.37. The van der Waals surface area contributed by atoms with Gasteiger partial charge in [-0.3, -0.25) is 0 Å². The maximum atomic E-state index is 14.1. The molecule has 0 atom stereocenters. The predicted octanol–water partition coefficient (Wildman–Crippen LogP) is 4.12. The molecule has 1 aliphatic heterocycles. The van der Waals surface area contributed by atoms with Crippen molar-refractivity contribution in [3.8, 4) is 23.0 Å². The minimum absolute atomic E-state index is 0.00112. The third-order valence-electron chi connectivity index (χ3n) is 5.04. The summed E-state index contributed by atoms with van der Waals surface area (Å²) >= 11 is 0. The molecule has 7 heteroatoms. The van der Waals surface area contributed by atoms with Gasteiger partial charge >= 0.3 is 0 Å². The van der Waals surface area contributed by atoms with E-state index in [0.29, 0.717) is 17.1 Å². The standard InChI is InChI=1S/C21H20FN5O.C2H6/c22-19-11-14(1-2-15(19)13-23)20-12-21(24)25-27(20)17-5-3-16(4-6-17)26-9-7-18(28)8-10-26;1-2/h1-6,11-12,18,28H,7-10H2,(H2,24,25);1-2H3. The van der Waals surface area contributed by atoms with Gasteiger partial charge in [0.05, 0.1) is 23.0 Å². The zero-order chi connectivity index (χ0) is 21.7. The van der Waals surface area contributed by atoms with Crippen molar-refractivity contribution in [2.24, 2.45) is 0 Å². The van der Waals surface area contributed by atoms with E-state index < -0.39 is 5.82 Å². The number of halogens is 1. The van der Waals surface area contributed by atoms with Gasteiger partial charge in [-0.2, -0.15) is 10.4 Å². The van der Waals surface area contributed by atoms with Crippen LogP contribution in [0.25, 0.3) is 16.9 Å². The molecule has 1 aliphatic rings. The van der Waals surface area contributed by atoms with Crippen LogP contribution >= 0.6 is 0 Å². The molecule has 4 rings (SSSR count). The van der Waals surface area contributed by atoms with E-state index in [4.69, 9.17) is 11.0 Å². The number of nitrogens with zero attached hydrogens (tertiary/aromatic N) is 4. The molecule has 1 aromatic heterocycles. The number of aliphatic hydroxyl groups is 1. The van der Waals surface area contributed by atoms with Gasteiger partial charge in [0.25, 0.3) is 0 Å². The van der Waals surface area contributed by atoms with Gasteiger partial charge in [0.1, 0.15) is 17.7 Å². The van der Waals surface area contributed by atoms with E-state index in [1.54, 1.807) is 16.8 Å². The first-order chi connectivity index (χ1) is 14.5. The molecule has 0 bridgehead atoms. The highest BCUT2D eigenvalue weighted by atomic mass is 19.1. The molecule has 1 fully saturated rings. The number of nitrogen functional groups attached to an aromatic ring is 1. The second-order valence-electron chi connectivity index (χ2n) is 6.91. The van der Waals surface area contributed by atoms with Gasteiger partial charge in [-0.05, 0) is 49.2 Å². The van der Waals surface area contributed by atoms with Gasteiger partial charge in [-0.15, -0.1) is 0 Å². The fourth-order valence-electron chi connectivity index (χ4n) is 3.50. The number of nitriles is 1. The highest BCUT2D eigenvalue weighted by Crippen LogP contribution is 2.28. The van der Waals surface area contributed by atoms with Crippen molar-refractivity contribution < 1.29 is 9.50 Å². The lowest BCUT2D eigenvalue weighted by molar-refractivity contribution is 0.145. The normalized spacial score (nSPS) is 14.0. The smallest absolute Gasteiger partial charge is 0.146 e. The van der Waals surface area contributed by atoms with E-state index >= 15 is 0 Å². The number of rotatable bonds is 3. The van der Waals surface area contributed by atoms with Crippen LogP contribution in [0.5, 0.6) is 0 Å². The summed E-state index contributed by atoms with van der Waals surface area (Å²) in [6.45, 7) is 5.65. The Morgan fingerprint density at radius 3 is 2.30 bits per heavy atom. The summed E-state index contributed by atoms with van der Waals surface area (Å²) in [7, 11) is 0. The van der Waals surface area contributed by atoms with Gasteiger partial charge in [-0.1, -0.05) is 19.9 Å². The quantitative estimate of drug-likeness (QED) is 0.681. The number of aromatic nitrogens is 2. The lowest BCUT2D eigenvalue weighted by Crippen LogP contribution is -2.35. The highest BCUT2D eigenvalue weighted by molar-refractivity contribution is 5.67. The molecule has 3 N–H and O–H groups in total. The molecule has 2 aromatic carbocycles. The van der Waals surface area contributed by atoms with Crippen LogP contribution in [0, 0.1) is 17.1 Å². The summed E-state index contributed by atoms with van der Waals surface area (Å²) in [5, 5.41) is 22.9. The van der Waals surface area contributed by atoms with Crippen molar-refractivity contribution in [2.45, 2.75) is 32.8 Å². The summed E-state index contributed by atoms with van der Waals surface area (Å²) in [5.41, 5.74) is 9.03. The zero-order valence-corrected chi connectivity index (χ0v) is 17.2. The van der Waals surface area contributed by atoms with Gasteiger partial charge in [0.2, 0.25) is 0 Å². The van der Waals surface area contributed by atoms with Crippen molar-refractivity contribution >= 4 is 11.5 Å². The van der Waals surface area contributed by atoms with Crippen molar-refractivity contribution in [3.05, 3.63) is 59.9 Å². The number of anilines is 2. The molecule has 156 valence electrons. The van der Waals surface area contributed by atoms with Crippen molar-refractivity contribution in [3.63, 3.8) is 0 Å². The van der Waals surface area contributed by atoms with Crippen LogP contribution in [0.4, 0.5) is 15.9 Å². The monoisotopic (exact) mass is 407 g/mol. The van der Waals surface area contributed by atoms with Crippen LogP contribution in [0.2, 0.25) is 0 Å². The molecule has 0 saturated carbocycles. The number of nitrogens with two attached hydrogens (primary N) is 1. The highest BCUT2D eigenvalue weighted by Gasteiger charge is 2.18. The van der Waals surface area contributed by atoms with E-state index in [0.717, 1.165) is 37.3 Å². The summed E-state index contributed by atoms with van der Waals surface area (Å²) in [4.78, 5) is 2.24. The molecule has 0 unspecified atom stereocenters. The Kier molecular flexibility index (Phi) is 6.70. The van der Waals surface area contributed by atoms with Crippen molar-refractivity contribution in [1.82, 2.24) is 9.78 Å². The summed E-state index contributed by atoms with van der Waals surface area (Å²) in [6, 6.07) is 15.9. The first kappa shape index (κ1) is 21.3. The molecule has 0 amide bonds. The number of piperidine rings is 1. The Labute approximate surface area is 176 Å². The Morgan fingerprint density at radius 2 is 1.70 bits per heavy atom. The third-order valence-corrected chi connectivity index (χ3v) is 5.04. The van der Waals surface area contributed by atoms with E-state index in [1.807, 2.05) is 44.2 Å². The molecule has 1 saturated heterocycles. The van der Waals surface area contributed by atoms with Gasteiger partial charge in [-0.25, -0.2) is 9.07 Å². The molecule has 0 aliphatic carbocycles. The first-order valence-electron chi connectivity index (χ1n) is 10.1. The van der Waals surface area contributed by atoms with Crippen LogP contribution in [-0.2, 0) is 0 Å². The number of hydrogen-bond donors (Lipinski definition) is 2. The average molecular weight is 407 g/mol. The molecule has 0 spiro atoms. The first-order valence-corrected chi connectivity index (χ1v) is 10.1. The maximum Gasteiger partial charge on any atom is 0.146 e. The fraction of sp³-hybridized carbons (Fsp3) is 0.304. The average Bonchev–Trinajstić information content (AvgIpc) is 3.17. The second-order valence-corrected chi connectivity index (χ2v) is 6.91. The SMILES string of the molecule is CC.N#Cc1ccc(-c2cc(N)nn2-c2ccc(N3CCC(O)CC3)cc2)cc1F.